The van der Waals surface area contributed by atoms with Crippen LogP contribution in [0, 0.1) is 0 Å². The van der Waals surface area contributed by atoms with Crippen LogP contribution >= 0.6 is 0 Å². The largest absolute Gasteiger partial charge is 0.328 e. The Morgan fingerprint density at radius 2 is 1.22 bits per heavy atom. The summed E-state index contributed by atoms with van der Waals surface area (Å²) < 4.78 is 17.3. The molecule has 0 aliphatic carbocycles. The first-order chi connectivity index (χ1) is 13.1. The first kappa shape index (κ1) is 26.8. The standard InChI is InChI=1S/C22H44O4Si/c1-5-9-10-12-15-18-21(23)27-20-17-14-11-13-16-19-22(24-6-2,25-7-3)26-8-4/h5-20H2,1-4H3. The molecule has 160 valence electrons. The van der Waals surface area contributed by atoms with E-state index in [0.29, 0.717) is 34.7 Å². The Kier molecular flexibility index (Phi) is 18.9. The van der Waals surface area contributed by atoms with E-state index in [9.17, 15) is 4.79 Å². The number of unbranched alkanes of at least 4 members (excludes halogenated alkanes) is 8. The number of ether oxygens (including phenoxy) is 3. The molecule has 0 aliphatic heterocycles. The van der Waals surface area contributed by atoms with Gasteiger partial charge in [0.1, 0.15) is 14.9 Å². The van der Waals surface area contributed by atoms with Gasteiger partial charge in [-0.15, -0.1) is 0 Å². The van der Waals surface area contributed by atoms with Crippen molar-refractivity contribution in [2.24, 2.45) is 0 Å². The molecule has 0 saturated heterocycles. The molecule has 4 nitrogen and oxygen atoms in total. The average Bonchev–Trinajstić information content (AvgIpc) is 2.64. The lowest BCUT2D eigenvalue weighted by molar-refractivity contribution is -0.380. The van der Waals surface area contributed by atoms with E-state index in [1.54, 1.807) is 0 Å². The minimum absolute atomic E-state index is 0.487. The Morgan fingerprint density at radius 3 is 1.81 bits per heavy atom. The van der Waals surface area contributed by atoms with E-state index in [1.807, 2.05) is 20.8 Å². The van der Waals surface area contributed by atoms with Crippen LogP contribution in [0.1, 0.15) is 105 Å². The molecule has 0 rings (SSSR count). The molecule has 0 aromatic rings. The maximum atomic E-state index is 11.9. The van der Waals surface area contributed by atoms with E-state index < -0.39 is 5.97 Å². The molecular formula is C22H44O4Si. The van der Waals surface area contributed by atoms with E-state index in [-0.39, 0.29) is 0 Å². The van der Waals surface area contributed by atoms with Gasteiger partial charge in [-0.05, 0) is 33.6 Å². The van der Waals surface area contributed by atoms with Crippen LogP contribution in [0.5, 0.6) is 0 Å². The summed E-state index contributed by atoms with van der Waals surface area (Å²) in [6, 6.07) is 1.08. The van der Waals surface area contributed by atoms with Crippen molar-refractivity contribution in [1.29, 1.82) is 0 Å². The Balaban J connectivity index is 3.67. The predicted molar refractivity (Wildman–Crippen MR) is 114 cm³/mol. The first-order valence-electron chi connectivity index (χ1n) is 11.3. The lowest BCUT2D eigenvalue weighted by atomic mass is 10.1. The molecule has 0 unspecified atom stereocenters. The second-order valence-corrected chi connectivity index (χ2v) is 8.43. The zero-order valence-electron chi connectivity index (χ0n) is 18.4. The van der Waals surface area contributed by atoms with E-state index in [1.165, 1.54) is 44.9 Å². The van der Waals surface area contributed by atoms with Crippen LogP contribution in [-0.4, -0.2) is 40.7 Å². The maximum Gasteiger partial charge on any atom is 0.282 e. The van der Waals surface area contributed by atoms with Gasteiger partial charge >= 0.3 is 0 Å². The number of rotatable bonds is 21. The Labute approximate surface area is 170 Å². The van der Waals surface area contributed by atoms with Crippen LogP contribution in [0.15, 0.2) is 0 Å². The summed E-state index contributed by atoms with van der Waals surface area (Å²) in [6.45, 7) is 9.91. The molecule has 0 heterocycles. The molecule has 0 N–H and O–H groups in total. The van der Waals surface area contributed by atoms with Crippen molar-refractivity contribution in [3.8, 4) is 0 Å². The summed E-state index contributed by atoms with van der Waals surface area (Å²) >= 11 is 0. The minimum Gasteiger partial charge on any atom is -0.328 e. The van der Waals surface area contributed by atoms with Crippen LogP contribution in [-0.2, 0) is 19.0 Å². The first-order valence-corrected chi connectivity index (χ1v) is 12.5. The van der Waals surface area contributed by atoms with Gasteiger partial charge in [0.25, 0.3) is 5.97 Å². The van der Waals surface area contributed by atoms with Gasteiger partial charge in [0.15, 0.2) is 0 Å². The highest BCUT2D eigenvalue weighted by atomic mass is 28.2. The molecule has 0 spiro atoms. The highest BCUT2D eigenvalue weighted by Crippen LogP contribution is 2.24. The molecule has 0 bridgehead atoms. The van der Waals surface area contributed by atoms with Gasteiger partial charge in [0, 0.05) is 32.7 Å². The third-order valence-corrected chi connectivity index (χ3v) is 5.83. The summed E-state index contributed by atoms with van der Waals surface area (Å²) in [5, 5.41) is 0.487. The third-order valence-electron chi connectivity index (χ3n) is 4.58. The number of hydrogen-bond acceptors (Lipinski definition) is 4. The lowest BCUT2D eigenvalue weighted by Gasteiger charge is -2.32. The molecular weight excluding hydrogens is 356 g/mol. The summed E-state index contributed by atoms with van der Waals surface area (Å²) in [5.74, 6) is -0.858. The van der Waals surface area contributed by atoms with Crippen molar-refractivity contribution in [2.75, 3.05) is 19.8 Å². The van der Waals surface area contributed by atoms with Gasteiger partial charge in [-0.25, -0.2) is 0 Å². The van der Waals surface area contributed by atoms with Gasteiger partial charge in [0.05, 0.1) is 0 Å². The van der Waals surface area contributed by atoms with Crippen LogP contribution in [0.2, 0.25) is 6.04 Å². The van der Waals surface area contributed by atoms with Crippen LogP contribution in [0.4, 0.5) is 0 Å². The molecule has 27 heavy (non-hydrogen) atoms. The zero-order chi connectivity index (χ0) is 20.2. The van der Waals surface area contributed by atoms with Crippen LogP contribution < -0.4 is 0 Å². The quantitative estimate of drug-likeness (QED) is 0.133. The highest BCUT2D eigenvalue weighted by Gasteiger charge is 2.31. The van der Waals surface area contributed by atoms with Crippen molar-refractivity contribution >= 4 is 14.9 Å². The van der Waals surface area contributed by atoms with E-state index in [0.717, 1.165) is 38.1 Å². The summed E-state index contributed by atoms with van der Waals surface area (Å²) in [5.41, 5.74) is 0. The molecule has 2 radical (unpaired) electrons. The van der Waals surface area contributed by atoms with Gasteiger partial charge in [-0.3, -0.25) is 0 Å². The van der Waals surface area contributed by atoms with E-state index >= 15 is 0 Å². The smallest absolute Gasteiger partial charge is 0.282 e. The number of hydrogen-bond donors (Lipinski definition) is 0. The summed E-state index contributed by atoms with van der Waals surface area (Å²) in [6.07, 6.45) is 13.5. The molecule has 0 fully saturated rings. The zero-order valence-corrected chi connectivity index (χ0v) is 19.4. The monoisotopic (exact) mass is 400 g/mol. The molecule has 0 atom stereocenters. The number of carbonyl (C=O) groups excluding carboxylic acids is 1. The second kappa shape index (κ2) is 19.1. The Bertz CT molecular complexity index is 319. The van der Waals surface area contributed by atoms with Crippen molar-refractivity contribution in [3.05, 3.63) is 0 Å². The molecule has 0 saturated carbocycles. The lowest BCUT2D eigenvalue weighted by Crippen LogP contribution is -2.39. The third kappa shape index (κ3) is 15.4. The maximum absolute atomic E-state index is 11.9. The fourth-order valence-electron chi connectivity index (χ4n) is 3.20. The van der Waals surface area contributed by atoms with Crippen molar-refractivity contribution in [3.63, 3.8) is 0 Å². The summed E-state index contributed by atoms with van der Waals surface area (Å²) in [4.78, 5) is 11.9. The van der Waals surface area contributed by atoms with E-state index in [4.69, 9.17) is 14.2 Å². The minimum atomic E-state index is -0.858. The topological polar surface area (TPSA) is 44.8 Å². The normalized spacial score (nSPS) is 11.9. The van der Waals surface area contributed by atoms with E-state index in [2.05, 4.69) is 6.92 Å². The Hall–Kier alpha value is -0.233. The molecule has 0 aliphatic rings. The van der Waals surface area contributed by atoms with Crippen molar-refractivity contribution in [1.82, 2.24) is 0 Å². The van der Waals surface area contributed by atoms with Crippen LogP contribution in [0.3, 0.4) is 0 Å². The van der Waals surface area contributed by atoms with Crippen molar-refractivity contribution < 1.29 is 19.0 Å². The summed E-state index contributed by atoms with van der Waals surface area (Å²) in [7, 11) is 0.522. The SMILES string of the molecule is CCCCCCCC(=O)[Si]CCCCCCCC(OCC)(OCC)OCC. The highest BCUT2D eigenvalue weighted by molar-refractivity contribution is 6.73. The molecule has 0 aromatic heterocycles. The van der Waals surface area contributed by atoms with Gasteiger partial charge in [0.2, 0.25) is 0 Å². The second-order valence-electron chi connectivity index (χ2n) is 7.01. The number of carbonyl (C=O) groups is 1. The van der Waals surface area contributed by atoms with Crippen molar-refractivity contribution in [2.45, 2.75) is 117 Å². The molecule has 0 aromatic carbocycles. The predicted octanol–water partition coefficient (Wildman–Crippen LogP) is 6.10. The van der Waals surface area contributed by atoms with Crippen LogP contribution in [0.25, 0.3) is 0 Å². The van der Waals surface area contributed by atoms with Gasteiger partial charge in [-0.2, -0.15) is 0 Å². The molecule has 5 heteroatoms. The average molecular weight is 401 g/mol. The fraction of sp³-hybridized carbons (Fsp3) is 0.955. The van der Waals surface area contributed by atoms with Gasteiger partial charge < -0.3 is 19.0 Å². The van der Waals surface area contributed by atoms with Gasteiger partial charge in [-0.1, -0.05) is 64.3 Å². The fourth-order valence-corrected chi connectivity index (χ4v) is 4.26. The Morgan fingerprint density at radius 1 is 0.704 bits per heavy atom. The molecule has 0 amide bonds.